The largest absolute Gasteiger partial charge is 0.507 e. The maximum absolute atomic E-state index is 11.9. The molecule has 0 aliphatic heterocycles. The number of ether oxygens (including phenoxy) is 2. The second kappa shape index (κ2) is 8.25. The molecule has 1 aromatic carbocycles. The number of phenols is 1. The predicted octanol–water partition coefficient (Wildman–Crippen LogP) is 1.67. The average Bonchev–Trinajstić information content (AvgIpc) is 3.01. The molecule has 1 aromatic heterocycles. The summed E-state index contributed by atoms with van der Waals surface area (Å²) in [6.07, 6.45) is 0.00446. The van der Waals surface area contributed by atoms with Crippen molar-refractivity contribution in [3.8, 4) is 5.75 Å². The van der Waals surface area contributed by atoms with Crippen molar-refractivity contribution >= 4 is 34.3 Å². The van der Waals surface area contributed by atoms with Crippen LogP contribution in [-0.2, 0) is 25.5 Å². The lowest BCUT2D eigenvalue weighted by Crippen LogP contribution is -2.21. The van der Waals surface area contributed by atoms with E-state index in [0.29, 0.717) is 11.3 Å². The van der Waals surface area contributed by atoms with Crippen LogP contribution in [0.4, 0.5) is 5.13 Å². The maximum Gasteiger partial charge on any atom is 0.342 e. The van der Waals surface area contributed by atoms with Crippen LogP contribution in [0.2, 0.25) is 0 Å². The minimum atomic E-state index is -0.804. The molecular formula is C16H16N2O6S. The molecule has 0 aliphatic carbocycles. The Hall–Kier alpha value is -2.94. The van der Waals surface area contributed by atoms with Gasteiger partial charge in [0.25, 0.3) is 5.91 Å². The summed E-state index contributed by atoms with van der Waals surface area (Å²) in [6.45, 7) is 1.12. The van der Waals surface area contributed by atoms with Crippen molar-refractivity contribution in [2.75, 3.05) is 19.0 Å². The molecule has 132 valence electrons. The fraction of sp³-hybridized carbons (Fsp3) is 0.250. The second-order valence-corrected chi connectivity index (χ2v) is 5.85. The fourth-order valence-electron chi connectivity index (χ4n) is 1.85. The van der Waals surface area contributed by atoms with E-state index in [4.69, 9.17) is 4.74 Å². The van der Waals surface area contributed by atoms with Crippen LogP contribution in [0.1, 0.15) is 21.6 Å². The van der Waals surface area contributed by atoms with Gasteiger partial charge in [0.05, 0.1) is 19.2 Å². The van der Waals surface area contributed by atoms with Gasteiger partial charge in [-0.25, -0.2) is 9.78 Å². The first kappa shape index (κ1) is 18.4. The van der Waals surface area contributed by atoms with Crippen molar-refractivity contribution in [2.24, 2.45) is 0 Å². The SMILES string of the molecule is COC(=O)Cc1csc(NC(=O)COC(=O)c2cccc(C)c2O)n1. The average molecular weight is 364 g/mol. The summed E-state index contributed by atoms with van der Waals surface area (Å²) in [6, 6.07) is 4.65. The van der Waals surface area contributed by atoms with Gasteiger partial charge in [-0.1, -0.05) is 12.1 Å². The summed E-state index contributed by atoms with van der Waals surface area (Å²) >= 11 is 1.13. The Bertz CT molecular complexity index is 802. The van der Waals surface area contributed by atoms with Gasteiger partial charge in [0.15, 0.2) is 11.7 Å². The molecule has 2 rings (SSSR count). The molecule has 0 atom stereocenters. The zero-order valence-corrected chi connectivity index (χ0v) is 14.4. The number of esters is 2. The maximum atomic E-state index is 11.9. The molecule has 2 N–H and O–H groups in total. The molecule has 8 nitrogen and oxygen atoms in total. The molecule has 1 heterocycles. The van der Waals surface area contributed by atoms with Crippen LogP contribution in [-0.4, -0.2) is 41.7 Å². The van der Waals surface area contributed by atoms with Crippen LogP contribution in [0.3, 0.4) is 0 Å². The van der Waals surface area contributed by atoms with Gasteiger partial charge in [-0.3, -0.25) is 14.9 Å². The number of amides is 1. The lowest BCUT2D eigenvalue weighted by Gasteiger charge is -2.07. The Morgan fingerprint density at radius 2 is 2.08 bits per heavy atom. The number of anilines is 1. The number of hydrogen-bond donors (Lipinski definition) is 2. The van der Waals surface area contributed by atoms with E-state index in [-0.39, 0.29) is 22.9 Å². The summed E-state index contributed by atoms with van der Waals surface area (Å²) in [5, 5.41) is 14.2. The molecule has 9 heteroatoms. The van der Waals surface area contributed by atoms with Crippen molar-refractivity contribution in [1.29, 1.82) is 0 Å². The van der Waals surface area contributed by atoms with Crippen LogP contribution in [0, 0.1) is 6.92 Å². The standard InChI is InChI=1S/C16H16N2O6S/c1-9-4-3-5-11(14(9)21)15(22)24-7-12(19)18-16-17-10(8-25-16)6-13(20)23-2/h3-5,8,21H,6-7H2,1-2H3,(H,17,18,19). The fourth-order valence-corrected chi connectivity index (χ4v) is 2.58. The van der Waals surface area contributed by atoms with Gasteiger partial charge >= 0.3 is 11.9 Å². The molecule has 2 aromatic rings. The molecule has 0 bridgehead atoms. The number of aryl methyl sites for hydroxylation is 1. The molecule has 0 aliphatic rings. The normalized spacial score (nSPS) is 10.2. The molecule has 0 saturated carbocycles. The third-order valence-corrected chi connectivity index (χ3v) is 3.95. The first-order chi connectivity index (χ1) is 11.9. The molecule has 0 unspecified atom stereocenters. The molecule has 25 heavy (non-hydrogen) atoms. The van der Waals surface area contributed by atoms with Gasteiger partial charge in [0.1, 0.15) is 11.3 Å². The molecule has 0 spiro atoms. The van der Waals surface area contributed by atoms with E-state index in [1.54, 1.807) is 24.4 Å². The Labute approximate surface area is 147 Å². The van der Waals surface area contributed by atoms with E-state index in [1.165, 1.54) is 13.2 Å². The number of nitrogens with one attached hydrogen (secondary N) is 1. The minimum absolute atomic E-state index is 0.00446. The van der Waals surface area contributed by atoms with Crippen LogP contribution >= 0.6 is 11.3 Å². The predicted molar refractivity (Wildman–Crippen MR) is 89.6 cm³/mol. The van der Waals surface area contributed by atoms with Gasteiger partial charge in [-0.05, 0) is 18.6 Å². The van der Waals surface area contributed by atoms with Gasteiger partial charge in [-0.15, -0.1) is 11.3 Å². The number of aromatic hydroxyl groups is 1. The van der Waals surface area contributed by atoms with E-state index in [2.05, 4.69) is 15.0 Å². The number of hydrogen-bond acceptors (Lipinski definition) is 8. The lowest BCUT2D eigenvalue weighted by atomic mass is 10.1. The second-order valence-electron chi connectivity index (χ2n) is 4.99. The lowest BCUT2D eigenvalue weighted by molar-refractivity contribution is -0.139. The van der Waals surface area contributed by atoms with Gasteiger partial charge < -0.3 is 14.6 Å². The number of thiazole rings is 1. The molecule has 1 amide bonds. The van der Waals surface area contributed by atoms with Crippen molar-refractivity contribution in [1.82, 2.24) is 4.98 Å². The first-order valence-corrected chi connectivity index (χ1v) is 8.05. The van der Waals surface area contributed by atoms with Crippen LogP contribution in [0.5, 0.6) is 5.75 Å². The number of methoxy groups -OCH3 is 1. The highest BCUT2D eigenvalue weighted by Gasteiger charge is 2.16. The third kappa shape index (κ3) is 5.01. The van der Waals surface area contributed by atoms with E-state index in [0.717, 1.165) is 11.3 Å². The highest BCUT2D eigenvalue weighted by Crippen LogP contribution is 2.22. The van der Waals surface area contributed by atoms with Gasteiger partial charge in [0, 0.05) is 5.38 Å². The monoisotopic (exact) mass is 364 g/mol. The Balaban J connectivity index is 1.87. The Morgan fingerprint density at radius 1 is 1.32 bits per heavy atom. The molecule has 0 saturated heterocycles. The van der Waals surface area contributed by atoms with Crippen LogP contribution < -0.4 is 5.32 Å². The third-order valence-electron chi connectivity index (χ3n) is 3.14. The number of aromatic nitrogens is 1. The first-order valence-electron chi connectivity index (χ1n) is 7.17. The summed E-state index contributed by atoms with van der Waals surface area (Å²) in [5.74, 6) is -2.00. The Morgan fingerprint density at radius 3 is 2.80 bits per heavy atom. The molecule has 0 radical (unpaired) electrons. The summed E-state index contributed by atoms with van der Waals surface area (Å²) in [4.78, 5) is 38.9. The summed E-state index contributed by atoms with van der Waals surface area (Å²) in [5.41, 5.74) is 0.982. The van der Waals surface area contributed by atoms with E-state index >= 15 is 0 Å². The Kier molecular flexibility index (Phi) is 6.07. The van der Waals surface area contributed by atoms with E-state index < -0.39 is 24.5 Å². The smallest absolute Gasteiger partial charge is 0.342 e. The number of carbonyl (C=O) groups excluding carboxylic acids is 3. The zero-order chi connectivity index (χ0) is 18.4. The van der Waals surface area contributed by atoms with Gasteiger partial charge in [-0.2, -0.15) is 0 Å². The van der Waals surface area contributed by atoms with Crippen LogP contribution in [0.15, 0.2) is 23.6 Å². The van der Waals surface area contributed by atoms with Crippen molar-refractivity contribution in [3.63, 3.8) is 0 Å². The number of rotatable bonds is 6. The molecular weight excluding hydrogens is 348 g/mol. The van der Waals surface area contributed by atoms with Crippen molar-refractivity contribution in [2.45, 2.75) is 13.3 Å². The number of benzene rings is 1. The number of carbonyl (C=O) groups is 3. The number of nitrogens with zero attached hydrogens (tertiary/aromatic N) is 1. The summed E-state index contributed by atoms with van der Waals surface area (Å²) < 4.78 is 9.41. The summed E-state index contributed by atoms with van der Waals surface area (Å²) in [7, 11) is 1.28. The number of para-hydroxylation sites is 1. The quantitative estimate of drug-likeness (QED) is 0.749. The van der Waals surface area contributed by atoms with Crippen molar-refractivity contribution in [3.05, 3.63) is 40.4 Å². The highest BCUT2D eigenvalue weighted by atomic mass is 32.1. The van der Waals surface area contributed by atoms with Gasteiger partial charge in [0.2, 0.25) is 0 Å². The van der Waals surface area contributed by atoms with Crippen LogP contribution in [0.25, 0.3) is 0 Å². The number of phenolic OH excluding ortho intramolecular Hbond substituents is 1. The van der Waals surface area contributed by atoms with Crippen molar-refractivity contribution < 1.29 is 29.0 Å². The minimum Gasteiger partial charge on any atom is -0.507 e. The topological polar surface area (TPSA) is 115 Å². The van der Waals surface area contributed by atoms with E-state index in [9.17, 15) is 19.5 Å². The zero-order valence-electron chi connectivity index (χ0n) is 13.6. The van der Waals surface area contributed by atoms with E-state index in [1.807, 2.05) is 0 Å². The highest BCUT2D eigenvalue weighted by molar-refractivity contribution is 7.13. The molecule has 0 fully saturated rings.